The molecule has 0 aromatic heterocycles. The predicted molar refractivity (Wildman–Crippen MR) is 59.8 cm³/mol. The quantitative estimate of drug-likeness (QED) is 0.462. The Morgan fingerprint density at radius 2 is 1.64 bits per heavy atom. The van der Waals surface area contributed by atoms with Crippen molar-refractivity contribution in [2.75, 3.05) is 26.3 Å². The standard InChI is InChI=1S/C6H10I2N2O/c7-9-1-5-3-11-4-6(2-9)10(5)8/h5-6H,1-4H2. The number of rotatable bonds is 0. The van der Waals surface area contributed by atoms with Crippen molar-refractivity contribution in [1.29, 1.82) is 0 Å². The van der Waals surface area contributed by atoms with Crippen LogP contribution in [0.3, 0.4) is 0 Å². The van der Waals surface area contributed by atoms with E-state index < -0.39 is 0 Å². The van der Waals surface area contributed by atoms with Crippen LogP contribution in [0.1, 0.15) is 0 Å². The van der Waals surface area contributed by atoms with E-state index in [0.29, 0.717) is 12.1 Å². The maximum Gasteiger partial charge on any atom is 0.0643 e. The lowest BCUT2D eigenvalue weighted by molar-refractivity contribution is -0.0210. The van der Waals surface area contributed by atoms with E-state index in [-0.39, 0.29) is 0 Å². The van der Waals surface area contributed by atoms with Gasteiger partial charge in [0.25, 0.3) is 0 Å². The maximum atomic E-state index is 5.48. The molecule has 0 aromatic carbocycles. The van der Waals surface area contributed by atoms with Crippen molar-refractivity contribution < 1.29 is 4.74 Å². The minimum absolute atomic E-state index is 0.611. The molecule has 2 unspecified atom stereocenters. The molecule has 2 aliphatic heterocycles. The van der Waals surface area contributed by atoms with Crippen LogP contribution in [0.15, 0.2) is 0 Å². The summed E-state index contributed by atoms with van der Waals surface area (Å²) in [6.45, 7) is 4.08. The number of ether oxygens (including phenoxy) is 1. The van der Waals surface area contributed by atoms with Crippen molar-refractivity contribution in [2.24, 2.45) is 0 Å². The monoisotopic (exact) mass is 380 g/mol. The molecule has 2 bridgehead atoms. The van der Waals surface area contributed by atoms with Gasteiger partial charge >= 0.3 is 0 Å². The lowest BCUT2D eigenvalue weighted by atomic mass is 10.1. The Bertz CT molecular complexity index is 144. The van der Waals surface area contributed by atoms with Crippen LogP contribution >= 0.6 is 45.7 Å². The molecule has 2 rings (SSSR count). The Kier molecular flexibility index (Phi) is 2.92. The first-order valence-corrected chi connectivity index (χ1v) is 5.63. The van der Waals surface area contributed by atoms with E-state index in [9.17, 15) is 0 Å². The SMILES string of the molecule is IN1CC2COCC(C1)N2I. The summed E-state index contributed by atoms with van der Waals surface area (Å²) >= 11 is 4.83. The van der Waals surface area contributed by atoms with Gasteiger partial charge in [-0.05, 0) is 0 Å². The van der Waals surface area contributed by atoms with Crippen molar-refractivity contribution in [1.82, 2.24) is 6.23 Å². The Labute approximate surface area is 94.4 Å². The zero-order valence-corrected chi connectivity index (χ0v) is 10.4. The van der Waals surface area contributed by atoms with Gasteiger partial charge in [-0.15, -0.1) is 0 Å². The average molecular weight is 380 g/mol. The van der Waals surface area contributed by atoms with Gasteiger partial charge in [-0.1, -0.05) is 0 Å². The predicted octanol–water partition coefficient (Wildman–Crippen LogP) is 1.07. The first kappa shape index (κ1) is 8.92. The lowest BCUT2D eigenvalue weighted by Gasteiger charge is -2.44. The number of morpholine rings is 1. The lowest BCUT2D eigenvalue weighted by Crippen LogP contribution is -2.58. The molecular weight excluding hydrogens is 370 g/mol. The highest BCUT2D eigenvalue weighted by Crippen LogP contribution is 2.26. The van der Waals surface area contributed by atoms with Crippen molar-refractivity contribution in [2.45, 2.75) is 12.1 Å². The molecule has 2 heterocycles. The first-order valence-electron chi connectivity index (χ1n) is 3.70. The van der Waals surface area contributed by atoms with E-state index >= 15 is 0 Å². The van der Waals surface area contributed by atoms with Crippen molar-refractivity contribution in [3.8, 4) is 0 Å². The summed E-state index contributed by atoms with van der Waals surface area (Å²) in [7, 11) is 0. The molecule has 0 saturated carbocycles. The maximum absolute atomic E-state index is 5.48. The van der Waals surface area contributed by atoms with Crippen LogP contribution in [0.5, 0.6) is 0 Å². The highest BCUT2D eigenvalue weighted by atomic mass is 127. The third kappa shape index (κ3) is 1.82. The van der Waals surface area contributed by atoms with Gasteiger partial charge in [-0.2, -0.15) is 0 Å². The topological polar surface area (TPSA) is 15.7 Å². The molecule has 0 aromatic rings. The van der Waals surface area contributed by atoms with Gasteiger partial charge in [0.1, 0.15) is 0 Å². The summed E-state index contributed by atoms with van der Waals surface area (Å²) < 4.78 is 10.3. The minimum Gasteiger partial charge on any atom is -0.378 e. The molecule has 3 nitrogen and oxygen atoms in total. The van der Waals surface area contributed by atoms with E-state index in [0.717, 1.165) is 26.3 Å². The molecule has 0 spiro atoms. The molecule has 0 N–H and O–H groups in total. The van der Waals surface area contributed by atoms with Crippen LogP contribution in [0.2, 0.25) is 0 Å². The molecule has 2 fully saturated rings. The van der Waals surface area contributed by atoms with Gasteiger partial charge < -0.3 is 4.74 Å². The number of halogens is 2. The molecule has 0 amide bonds. The molecule has 11 heavy (non-hydrogen) atoms. The second-order valence-corrected chi connectivity index (χ2v) is 5.50. The van der Waals surface area contributed by atoms with Crippen LogP contribution in [0.25, 0.3) is 0 Å². The van der Waals surface area contributed by atoms with Crippen molar-refractivity contribution >= 4 is 45.7 Å². The van der Waals surface area contributed by atoms with E-state index in [4.69, 9.17) is 4.74 Å². The largest absolute Gasteiger partial charge is 0.378 e. The van der Waals surface area contributed by atoms with Crippen molar-refractivity contribution in [3.63, 3.8) is 0 Å². The van der Waals surface area contributed by atoms with Gasteiger partial charge in [0, 0.05) is 58.8 Å². The summed E-state index contributed by atoms with van der Waals surface area (Å²) in [6, 6.07) is 1.22. The van der Waals surface area contributed by atoms with Gasteiger partial charge in [0.05, 0.1) is 25.3 Å². The third-order valence-corrected chi connectivity index (χ3v) is 4.50. The minimum atomic E-state index is 0.611. The van der Waals surface area contributed by atoms with Crippen LogP contribution in [0.4, 0.5) is 0 Å². The Morgan fingerprint density at radius 1 is 1.09 bits per heavy atom. The molecule has 2 saturated heterocycles. The zero-order chi connectivity index (χ0) is 7.84. The summed E-state index contributed by atoms with van der Waals surface area (Å²) in [5.74, 6) is 0. The summed E-state index contributed by atoms with van der Waals surface area (Å²) in [5, 5.41) is 0. The molecular formula is C6H10I2N2O. The summed E-state index contributed by atoms with van der Waals surface area (Å²) in [6.07, 6.45) is 0. The summed E-state index contributed by atoms with van der Waals surface area (Å²) in [4.78, 5) is 0. The Hall–Kier alpha value is 1.34. The average Bonchev–Trinajstić information content (AvgIpc) is 1.92. The van der Waals surface area contributed by atoms with Crippen LogP contribution in [0, 0.1) is 0 Å². The van der Waals surface area contributed by atoms with E-state index in [2.05, 4.69) is 52.0 Å². The highest BCUT2D eigenvalue weighted by molar-refractivity contribution is 14.1. The first-order chi connectivity index (χ1) is 5.27. The van der Waals surface area contributed by atoms with Gasteiger partial charge in [0.15, 0.2) is 0 Å². The second kappa shape index (κ2) is 3.60. The fourth-order valence-corrected chi connectivity index (χ4v) is 3.16. The zero-order valence-electron chi connectivity index (χ0n) is 6.04. The van der Waals surface area contributed by atoms with Crippen LogP contribution < -0.4 is 0 Å². The fraction of sp³-hybridized carbons (Fsp3) is 1.00. The Balaban J connectivity index is 2.07. The summed E-state index contributed by atoms with van der Waals surface area (Å²) in [5.41, 5.74) is 0. The van der Waals surface area contributed by atoms with E-state index in [1.807, 2.05) is 0 Å². The molecule has 2 atom stereocenters. The number of hydrogen-bond acceptors (Lipinski definition) is 3. The normalized spacial score (nSPS) is 40.9. The number of piperazine rings is 1. The van der Waals surface area contributed by atoms with Crippen LogP contribution in [-0.2, 0) is 4.74 Å². The Morgan fingerprint density at radius 3 is 2.18 bits per heavy atom. The van der Waals surface area contributed by atoms with Crippen LogP contribution in [-0.4, -0.2) is 44.6 Å². The second-order valence-electron chi connectivity index (χ2n) is 3.02. The van der Waals surface area contributed by atoms with Gasteiger partial charge in [0.2, 0.25) is 0 Å². The molecule has 0 aliphatic carbocycles. The smallest absolute Gasteiger partial charge is 0.0643 e. The number of hydrogen-bond donors (Lipinski definition) is 0. The van der Waals surface area contributed by atoms with E-state index in [1.54, 1.807) is 0 Å². The highest BCUT2D eigenvalue weighted by Gasteiger charge is 2.35. The molecule has 0 radical (unpaired) electrons. The number of nitrogens with zero attached hydrogens (tertiary/aromatic N) is 2. The van der Waals surface area contributed by atoms with Gasteiger partial charge in [-0.3, -0.25) is 0 Å². The fourth-order valence-electron chi connectivity index (χ4n) is 1.57. The molecule has 5 heteroatoms. The number of fused-ring (bicyclic) bond motifs is 2. The third-order valence-electron chi connectivity index (χ3n) is 2.14. The molecule has 2 aliphatic rings. The molecule has 64 valence electrons. The van der Waals surface area contributed by atoms with E-state index in [1.165, 1.54) is 0 Å². The van der Waals surface area contributed by atoms with Gasteiger partial charge in [-0.25, -0.2) is 6.23 Å². The van der Waals surface area contributed by atoms with Crippen molar-refractivity contribution in [3.05, 3.63) is 0 Å².